The van der Waals surface area contributed by atoms with Crippen LogP contribution in [0.25, 0.3) is 11.1 Å². The number of rotatable bonds is 10. The Kier molecular flexibility index (Phi) is 8.54. The van der Waals surface area contributed by atoms with Gasteiger partial charge in [-0.2, -0.15) is 11.8 Å². The van der Waals surface area contributed by atoms with E-state index in [1.54, 1.807) is 6.92 Å². The van der Waals surface area contributed by atoms with Gasteiger partial charge in [0.05, 0.1) is 0 Å². The minimum atomic E-state index is -1.07. The van der Waals surface area contributed by atoms with Crippen LogP contribution in [0.3, 0.4) is 0 Å². The van der Waals surface area contributed by atoms with Gasteiger partial charge in [0.15, 0.2) is 0 Å². The summed E-state index contributed by atoms with van der Waals surface area (Å²) in [5.41, 5.74) is 4.90. The molecule has 0 heterocycles. The number of hydrogen-bond donors (Lipinski definition) is 3. The average molecular weight is 469 g/mol. The lowest BCUT2D eigenvalue weighted by atomic mass is 9.98. The highest BCUT2D eigenvalue weighted by Gasteiger charge is 2.29. The summed E-state index contributed by atoms with van der Waals surface area (Å²) < 4.78 is 5.46. The summed E-state index contributed by atoms with van der Waals surface area (Å²) >= 11 is 1.52. The Morgan fingerprint density at radius 3 is 2.27 bits per heavy atom. The lowest BCUT2D eigenvalue weighted by Gasteiger charge is -2.15. The molecule has 2 aromatic rings. The van der Waals surface area contributed by atoms with Crippen molar-refractivity contribution in [3.05, 3.63) is 71.3 Å². The Labute approximate surface area is 197 Å². The van der Waals surface area contributed by atoms with Gasteiger partial charge < -0.3 is 20.5 Å². The van der Waals surface area contributed by atoms with E-state index in [4.69, 9.17) is 4.74 Å². The molecule has 2 aromatic carbocycles. The third-order valence-electron chi connectivity index (χ3n) is 5.57. The number of carbonyl (C=O) groups excluding carboxylic acids is 2. The van der Waals surface area contributed by atoms with Crippen LogP contribution in [0.4, 0.5) is 4.79 Å². The first-order valence-electron chi connectivity index (χ1n) is 10.7. The topological polar surface area (TPSA) is 105 Å². The van der Waals surface area contributed by atoms with Crippen molar-refractivity contribution in [3.63, 3.8) is 0 Å². The molecule has 0 saturated heterocycles. The molecule has 1 aliphatic rings. The van der Waals surface area contributed by atoms with Crippen molar-refractivity contribution in [2.24, 2.45) is 0 Å². The molecule has 0 spiro atoms. The van der Waals surface area contributed by atoms with E-state index in [9.17, 15) is 19.5 Å². The van der Waals surface area contributed by atoms with Crippen LogP contribution < -0.4 is 10.6 Å². The van der Waals surface area contributed by atoms with Crippen LogP contribution in [-0.4, -0.2) is 54.3 Å². The highest BCUT2D eigenvalue weighted by molar-refractivity contribution is 7.98. The maximum absolute atomic E-state index is 12.2. The van der Waals surface area contributed by atoms with Crippen molar-refractivity contribution in [2.75, 3.05) is 25.2 Å². The van der Waals surface area contributed by atoms with E-state index in [2.05, 4.69) is 34.9 Å². The first-order chi connectivity index (χ1) is 15.9. The normalized spacial score (nSPS) is 13.6. The molecule has 2 amide bonds. The highest BCUT2D eigenvalue weighted by atomic mass is 32.2. The van der Waals surface area contributed by atoms with Gasteiger partial charge in [0, 0.05) is 18.0 Å². The number of amides is 2. The molecule has 1 atom stereocenters. The van der Waals surface area contributed by atoms with Crippen molar-refractivity contribution in [2.45, 2.75) is 25.3 Å². The van der Waals surface area contributed by atoms with Crippen LogP contribution in [0.2, 0.25) is 0 Å². The Morgan fingerprint density at radius 2 is 1.70 bits per heavy atom. The first kappa shape index (κ1) is 24.4. The molecule has 0 aromatic heterocycles. The number of carboxylic acid groups (broad SMARTS) is 1. The van der Waals surface area contributed by atoms with E-state index in [1.165, 1.54) is 17.8 Å². The van der Waals surface area contributed by atoms with E-state index < -0.39 is 24.0 Å². The fraction of sp³-hybridized carbons (Fsp3) is 0.320. The van der Waals surface area contributed by atoms with Gasteiger partial charge in [-0.15, -0.1) is 0 Å². The lowest BCUT2D eigenvalue weighted by Crippen LogP contribution is -2.41. The summed E-state index contributed by atoms with van der Waals surface area (Å²) in [6, 6.07) is 15.3. The zero-order valence-electron chi connectivity index (χ0n) is 18.7. The molecule has 3 rings (SSSR count). The van der Waals surface area contributed by atoms with Gasteiger partial charge >= 0.3 is 12.1 Å². The van der Waals surface area contributed by atoms with Crippen LogP contribution in [0, 0.1) is 0 Å². The molecule has 1 aliphatic carbocycles. The maximum Gasteiger partial charge on any atom is 0.407 e. The second-order valence-electron chi connectivity index (χ2n) is 7.74. The van der Waals surface area contributed by atoms with Gasteiger partial charge in [-0.05, 0) is 47.6 Å². The number of benzene rings is 2. The van der Waals surface area contributed by atoms with Crippen LogP contribution in [-0.2, 0) is 14.3 Å². The van der Waals surface area contributed by atoms with Crippen molar-refractivity contribution in [1.82, 2.24) is 10.6 Å². The Hall–Kier alpha value is -3.26. The molecule has 3 N–H and O–H groups in total. The van der Waals surface area contributed by atoms with E-state index in [1.807, 2.05) is 30.5 Å². The monoisotopic (exact) mass is 468 g/mol. The van der Waals surface area contributed by atoms with E-state index >= 15 is 0 Å². The maximum atomic E-state index is 12.2. The molecular weight excluding hydrogens is 440 g/mol. The van der Waals surface area contributed by atoms with E-state index in [-0.39, 0.29) is 19.1 Å². The molecule has 0 fully saturated rings. The number of nitrogens with one attached hydrogen (secondary N) is 2. The third kappa shape index (κ3) is 6.16. The summed E-state index contributed by atoms with van der Waals surface area (Å²) in [7, 11) is 0. The van der Waals surface area contributed by atoms with Crippen molar-refractivity contribution >= 4 is 29.7 Å². The predicted molar refractivity (Wildman–Crippen MR) is 129 cm³/mol. The third-order valence-corrected chi connectivity index (χ3v) is 6.21. The van der Waals surface area contributed by atoms with Gasteiger partial charge in [-0.1, -0.05) is 54.6 Å². The molecule has 33 heavy (non-hydrogen) atoms. The molecule has 174 valence electrons. The summed E-state index contributed by atoms with van der Waals surface area (Å²) in [6.07, 6.45) is 3.17. The number of ether oxygens (including phenoxy) is 1. The average Bonchev–Trinajstić information content (AvgIpc) is 3.13. The molecule has 0 unspecified atom stereocenters. The molecule has 7 nitrogen and oxygen atoms in total. The SMILES string of the molecule is CSCC[C@@H](NC(=O)/C(C)=C/CNC(=O)OCC1c2ccccc2-c2ccccc21)C(=O)O. The standard InChI is InChI=1S/C25H28N2O5S/c1-16(23(28)27-22(24(29)30)12-14-33-2)11-13-26-25(31)32-15-21-19-9-5-3-7-17(19)18-8-4-6-10-20(18)21/h3-11,21-22H,12-15H2,1-2H3,(H,26,31)(H,27,28)(H,29,30)/b16-11+/t22-/m1/s1. The largest absolute Gasteiger partial charge is 0.480 e. The summed E-state index contributed by atoms with van der Waals surface area (Å²) in [6.45, 7) is 1.87. The minimum absolute atomic E-state index is 0.0274. The molecule has 0 bridgehead atoms. The molecule has 0 radical (unpaired) electrons. The zero-order valence-corrected chi connectivity index (χ0v) is 19.5. The second kappa shape index (κ2) is 11.6. The fourth-order valence-electron chi connectivity index (χ4n) is 3.79. The van der Waals surface area contributed by atoms with Gasteiger partial charge in [0.1, 0.15) is 12.6 Å². The van der Waals surface area contributed by atoms with Gasteiger partial charge in [-0.3, -0.25) is 4.79 Å². The van der Waals surface area contributed by atoms with Gasteiger partial charge in [0.2, 0.25) is 5.91 Å². The first-order valence-corrected chi connectivity index (χ1v) is 12.1. The molecule has 8 heteroatoms. The minimum Gasteiger partial charge on any atom is -0.480 e. The molecular formula is C25H28N2O5S. The lowest BCUT2D eigenvalue weighted by molar-refractivity contribution is -0.141. The van der Waals surface area contributed by atoms with Crippen molar-refractivity contribution in [1.29, 1.82) is 0 Å². The summed E-state index contributed by atoms with van der Waals surface area (Å²) in [5, 5.41) is 14.4. The predicted octanol–water partition coefficient (Wildman–Crippen LogP) is 3.79. The number of carboxylic acids is 1. The van der Waals surface area contributed by atoms with Crippen LogP contribution in [0.1, 0.15) is 30.4 Å². The van der Waals surface area contributed by atoms with Crippen LogP contribution >= 0.6 is 11.8 Å². The smallest absolute Gasteiger partial charge is 0.407 e. The van der Waals surface area contributed by atoms with Gasteiger partial charge in [0.25, 0.3) is 0 Å². The fourth-order valence-corrected chi connectivity index (χ4v) is 4.27. The number of alkyl carbamates (subject to hydrolysis) is 1. The number of fused-ring (bicyclic) bond motifs is 3. The highest BCUT2D eigenvalue weighted by Crippen LogP contribution is 2.44. The second-order valence-corrected chi connectivity index (χ2v) is 8.72. The summed E-state index contributed by atoms with van der Waals surface area (Å²) in [5.74, 6) is -0.941. The van der Waals surface area contributed by atoms with E-state index in [0.29, 0.717) is 17.7 Å². The van der Waals surface area contributed by atoms with E-state index in [0.717, 1.165) is 22.3 Å². The van der Waals surface area contributed by atoms with Crippen LogP contribution in [0.5, 0.6) is 0 Å². The molecule has 0 saturated carbocycles. The zero-order chi connectivity index (χ0) is 23.8. The molecule has 0 aliphatic heterocycles. The summed E-state index contributed by atoms with van der Waals surface area (Å²) in [4.78, 5) is 35.7. The number of aliphatic carboxylic acids is 1. The quantitative estimate of drug-likeness (QED) is 0.458. The number of thioether (sulfide) groups is 1. The Balaban J connectivity index is 1.50. The van der Waals surface area contributed by atoms with Gasteiger partial charge in [-0.25, -0.2) is 9.59 Å². The van der Waals surface area contributed by atoms with Crippen LogP contribution in [0.15, 0.2) is 60.2 Å². The van der Waals surface area contributed by atoms with Crippen molar-refractivity contribution < 1.29 is 24.2 Å². The Morgan fingerprint density at radius 1 is 1.09 bits per heavy atom. The number of carbonyl (C=O) groups is 3. The van der Waals surface area contributed by atoms with Crippen molar-refractivity contribution in [3.8, 4) is 11.1 Å². The Bertz CT molecular complexity index is 1010. The number of hydrogen-bond acceptors (Lipinski definition) is 5.